The lowest BCUT2D eigenvalue weighted by Crippen LogP contribution is -2.40. The van der Waals surface area contributed by atoms with E-state index in [1.807, 2.05) is 31.2 Å². The van der Waals surface area contributed by atoms with Crippen molar-refractivity contribution in [3.8, 4) is 17.2 Å². The van der Waals surface area contributed by atoms with Gasteiger partial charge in [-0.2, -0.15) is 4.98 Å². The molecule has 0 spiro atoms. The Morgan fingerprint density at radius 3 is 2.83 bits per heavy atom. The summed E-state index contributed by atoms with van der Waals surface area (Å²) in [6, 6.07) is 14.7. The van der Waals surface area contributed by atoms with Crippen LogP contribution in [0.4, 0.5) is 5.69 Å². The van der Waals surface area contributed by atoms with Crippen LogP contribution in [0.2, 0.25) is 0 Å². The molecule has 4 rings (SSSR count). The van der Waals surface area contributed by atoms with Crippen LogP contribution in [0, 0.1) is 12.8 Å². The number of hydrogen-bond acceptors (Lipinski definition) is 6. The fourth-order valence-electron chi connectivity index (χ4n) is 3.56. The van der Waals surface area contributed by atoms with E-state index in [4.69, 9.17) is 4.52 Å². The first-order valence-electron chi connectivity index (χ1n) is 9.79. The molecule has 1 amide bonds. The van der Waals surface area contributed by atoms with E-state index in [-0.39, 0.29) is 17.6 Å². The topological polar surface area (TPSA) is 91.5 Å². The van der Waals surface area contributed by atoms with E-state index in [0.717, 1.165) is 24.9 Å². The molecule has 3 aromatic rings. The number of nitrogens with zero attached hydrogens (tertiary/aromatic N) is 3. The maximum Gasteiger partial charge on any atom is 0.257 e. The quantitative estimate of drug-likeness (QED) is 0.645. The van der Waals surface area contributed by atoms with E-state index in [9.17, 15) is 9.90 Å². The van der Waals surface area contributed by atoms with Gasteiger partial charge in [0.25, 0.3) is 5.89 Å². The molecule has 0 aliphatic carbocycles. The van der Waals surface area contributed by atoms with E-state index in [1.165, 1.54) is 5.56 Å². The summed E-state index contributed by atoms with van der Waals surface area (Å²) in [5.74, 6) is 0.966. The Labute approximate surface area is 169 Å². The number of phenols is 1. The number of hydrogen-bond donors (Lipinski definition) is 2. The maximum absolute atomic E-state index is 12.6. The molecule has 0 saturated carbocycles. The molecule has 1 aliphatic heterocycles. The van der Waals surface area contributed by atoms with Gasteiger partial charge in [0.05, 0.1) is 18.2 Å². The second kappa shape index (κ2) is 8.45. The number of carbonyl (C=O) groups is 1. The molecule has 29 heavy (non-hydrogen) atoms. The molecular formula is C22H24N4O3. The number of aromatic hydroxyl groups is 1. The zero-order valence-corrected chi connectivity index (χ0v) is 16.3. The van der Waals surface area contributed by atoms with Crippen LogP contribution in [-0.2, 0) is 11.3 Å². The average Bonchev–Trinajstić information content (AvgIpc) is 3.19. The van der Waals surface area contributed by atoms with Gasteiger partial charge < -0.3 is 14.9 Å². The number of piperidine rings is 1. The molecule has 0 bridgehead atoms. The smallest absolute Gasteiger partial charge is 0.257 e. The minimum atomic E-state index is -0.146. The third-order valence-electron chi connectivity index (χ3n) is 5.17. The van der Waals surface area contributed by atoms with E-state index < -0.39 is 0 Å². The number of aromatic nitrogens is 2. The number of anilines is 1. The third kappa shape index (κ3) is 4.63. The highest BCUT2D eigenvalue weighted by Crippen LogP contribution is 2.25. The van der Waals surface area contributed by atoms with Crippen molar-refractivity contribution in [3.05, 3.63) is 59.9 Å². The first-order chi connectivity index (χ1) is 14.1. The number of nitrogens with one attached hydrogen (secondary N) is 1. The molecule has 1 saturated heterocycles. The molecule has 1 aliphatic rings. The molecule has 0 unspecified atom stereocenters. The van der Waals surface area contributed by atoms with Gasteiger partial charge in [-0.15, -0.1) is 0 Å². The number of rotatable bonds is 5. The molecule has 7 nitrogen and oxygen atoms in total. The van der Waals surface area contributed by atoms with Gasteiger partial charge in [-0.3, -0.25) is 9.69 Å². The summed E-state index contributed by atoms with van der Waals surface area (Å²) in [5, 5.41) is 16.8. The number of amides is 1. The predicted octanol–water partition coefficient (Wildman–Crippen LogP) is 3.60. The van der Waals surface area contributed by atoms with E-state index in [1.54, 1.807) is 24.3 Å². The highest BCUT2D eigenvalue weighted by molar-refractivity contribution is 5.94. The zero-order valence-electron chi connectivity index (χ0n) is 16.3. The van der Waals surface area contributed by atoms with Crippen LogP contribution in [0.15, 0.2) is 53.1 Å². The first kappa shape index (κ1) is 19.1. The van der Waals surface area contributed by atoms with E-state index in [0.29, 0.717) is 30.5 Å². The number of phenolic OH excluding ortho intramolecular Hbond substituents is 1. The Morgan fingerprint density at radius 1 is 1.24 bits per heavy atom. The Hall–Kier alpha value is -3.19. The largest absolute Gasteiger partial charge is 0.506 e. The fourth-order valence-corrected chi connectivity index (χ4v) is 3.56. The van der Waals surface area contributed by atoms with Gasteiger partial charge in [0.2, 0.25) is 5.91 Å². The Balaban J connectivity index is 1.37. The van der Waals surface area contributed by atoms with E-state index >= 15 is 0 Å². The van der Waals surface area contributed by atoms with Gasteiger partial charge in [0.1, 0.15) is 5.75 Å². The van der Waals surface area contributed by atoms with Crippen LogP contribution in [-0.4, -0.2) is 39.1 Å². The summed E-state index contributed by atoms with van der Waals surface area (Å²) in [4.78, 5) is 19.3. The SMILES string of the molecule is Cc1ccc(-c2nc(CN3CCC[C@@H](C(=O)Nc4ccccc4O)C3)no2)cc1. The normalized spacial score (nSPS) is 17.2. The minimum absolute atomic E-state index is 0.0731. The summed E-state index contributed by atoms with van der Waals surface area (Å²) < 4.78 is 5.40. The van der Waals surface area contributed by atoms with Crippen LogP contribution in [0.3, 0.4) is 0 Å². The Kier molecular flexibility index (Phi) is 5.57. The first-order valence-corrected chi connectivity index (χ1v) is 9.79. The summed E-state index contributed by atoms with van der Waals surface area (Å²) in [7, 11) is 0. The van der Waals surface area contributed by atoms with Crippen LogP contribution in [0.1, 0.15) is 24.2 Å². The lowest BCUT2D eigenvalue weighted by molar-refractivity contribution is -0.121. The lowest BCUT2D eigenvalue weighted by atomic mass is 9.97. The van der Waals surface area contributed by atoms with Crippen molar-refractivity contribution in [1.29, 1.82) is 0 Å². The Bertz CT molecular complexity index is 984. The van der Waals surface area contributed by atoms with Crippen LogP contribution < -0.4 is 5.32 Å². The summed E-state index contributed by atoms with van der Waals surface area (Å²) in [5.41, 5.74) is 2.51. The van der Waals surface area contributed by atoms with Gasteiger partial charge in [0.15, 0.2) is 5.82 Å². The van der Waals surface area contributed by atoms with Gasteiger partial charge in [0, 0.05) is 12.1 Å². The summed E-state index contributed by atoms with van der Waals surface area (Å²) in [6.45, 7) is 4.07. The molecule has 1 atom stereocenters. The molecule has 7 heteroatoms. The van der Waals surface area contributed by atoms with Gasteiger partial charge in [-0.1, -0.05) is 35.0 Å². The monoisotopic (exact) mass is 392 g/mol. The third-order valence-corrected chi connectivity index (χ3v) is 5.17. The molecule has 1 aromatic heterocycles. The molecule has 1 fully saturated rings. The van der Waals surface area contributed by atoms with Crippen molar-refractivity contribution >= 4 is 11.6 Å². The standard InChI is InChI=1S/C22H24N4O3/c1-15-8-10-16(11-9-15)22-24-20(25-29-22)14-26-12-4-5-17(13-26)21(28)23-18-6-2-3-7-19(18)27/h2-3,6-11,17,27H,4-5,12-14H2,1H3,(H,23,28)/t17-/m1/s1. The van der Waals surface area contributed by atoms with Crippen LogP contribution >= 0.6 is 0 Å². The highest BCUT2D eigenvalue weighted by Gasteiger charge is 2.27. The molecule has 0 radical (unpaired) electrons. The number of carbonyl (C=O) groups excluding carboxylic acids is 1. The second-order valence-electron chi connectivity index (χ2n) is 7.46. The zero-order chi connectivity index (χ0) is 20.2. The summed E-state index contributed by atoms with van der Waals surface area (Å²) in [6.07, 6.45) is 1.73. The minimum Gasteiger partial charge on any atom is -0.506 e. The Morgan fingerprint density at radius 2 is 2.03 bits per heavy atom. The van der Waals surface area contributed by atoms with E-state index in [2.05, 4.69) is 20.4 Å². The second-order valence-corrected chi connectivity index (χ2v) is 7.46. The summed E-state index contributed by atoms with van der Waals surface area (Å²) >= 11 is 0. The van der Waals surface area contributed by atoms with Gasteiger partial charge >= 0.3 is 0 Å². The highest BCUT2D eigenvalue weighted by atomic mass is 16.5. The van der Waals surface area contributed by atoms with Crippen LogP contribution in [0.25, 0.3) is 11.5 Å². The van der Waals surface area contributed by atoms with Gasteiger partial charge in [-0.25, -0.2) is 0 Å². The maximum atomic E-state index is 12.6. The van der Waals surface area contributed by atoms with Crippen molar-refractivity contribution in [2.24, 2.45) is 5.92 Å². The molecule has 2 N–H and O–H groups in total. The number of para-hydroxylation sites is 2. The number of likely N-dealkylation sites (tertiary alicyclic amines) is 1. The van der Waals surface area contributed by atoms with Crippen molar-refractivity contribution in [3.63, 3.8) is 0 Å². The number of benzene rings is 2. The van der Waals surface area contributed by atoms with Crippen molar-refractivity contribution in [2.45, 2.75) is 26.3 Å². The molecule has 2 aromatic carbocycles. The van der Waals surface area contributed by atoms with Crippen molar-refractivity contribution in [1.82, 2.24) is 15.0 Å². The molecular weight excluding hydrogens is 368 g/mol. The van der Waals surface area contributed by atoms with Crippen molar-refractivity contribution in [2.75, 3.05) is 18.4 Å². The van der Waals surface area contributed by atoms with Crippen molar-refractivity contribution < 1.29 is 14.4 Å². The number of aryl methyl sites for hydroxylation is 1. The lowest BCUT2D eigenvalue weighted by Gasteiger charge is -2.31. The predicted molar refractivity (Wildman–Crippen MR) is 109 cm³/mol. The fraction of sp³-hybridized carbons (Fsp3) is 0.318. The molecule has 2 heterocycles. The van der Waals surface area contributed by atoms with Gasteiger partial charge in [-0.05, 0) is 50.6 Å². The molecule has 150 valence electrons. The van der Waals surface area contributed by atoms with Crippen LogP contribution in [0.5, 0.6) is 5.75 Å². The average molecular weight is 392 g/mol.